The number of nitrogens with zero attached hydrogens (tertiary/aromatic N) is 2. The maximum atomic E-state index is 5.35. The van der Waals surface area contributed by atoms with Crippen molar-refractivity contribution in [2.75, 3.05) is 12.3 Å². The Morgan fingerprint density at radius 1 is 1.40 bits per heavy atom. The highest BCUT2D eigenvalue weighted by Crippen LogP contribution is 2.23. The van der Waals surface area contributed by atoms with Crippen molar-refractivity contribution in [3.63, 3.8) is 0 Å². The van der Waals surface area contributed by atoms with E-state index in [-0.39, 0.29) is 6.01 Å². The Bertz CT molecular complexity index is 453. The van der Waals surface area contributed by atoms with Gasteiger partial charge in [-0.3, -0.25) is 0 Å². The lowest BCUT2D eigenvalue weighted by molar-refractivity contribution is 0.340. The molecule has 0 spiro atoms. The van der Waals surface area contributed by atoms with E-state index in [1.54, 1.807) is 0 Å². The van der Waals surface area contributed by atoms with Gasteiger partial charge < -0.3 is 14.9 Å². The van der Waals surface area contributed by atoms with Gasteiger partial charge in [0.2, 0.25) is 5.89 Å². The lowest BCUT2D eigenvalue weighted by Crippen LogP contribution is -1.91. The predicted octanol–water partition coefficient (Wildman–Crippen LogP) is 1.72. The van der Waals surface area contributed by atoms with Gasteiger partial charge in [-0.05, 0) is 25.1 Å². The first-order chi connectivity index (χ1) is 7.29. The third-order valence-electron chi connectivity index (χ3n) is 1.83. The van der Waals surface area contributed by atoms with Gasteiger partial charge in [-0.15, -0.1) is 5.10 Å². The van der Waals surface area contributed by atoms with Crippen LogP contribution in [0.2, 0.25) is 0 Å². The molecular formula is C10H11N3O2. The van der Waals surface area contributed by atoms with Crippen molar-refractivity contribution in [2.45, 2.75) is 6.92 Å². The highest BCUT2D eigenvalue weighted by Gasteiger charge is 2.06. The van der Waals surface area contributed by atoms with Crippen LogP contribution in [0, 0.1) is 0 Å². The fourth-order valence-electron chi connectivity index (χ4n) is 1.24. The first-order valence-electron chi connectivity index (χ1n) is 4.62. The number of nitrogens with two attached hydrogens (primary N) is 1. The molecule has 0 aliphatic heterocycles. The average Bonchev–Trinajstić information content (AvgIpc) is 2.66. The Morgan fingerprint density at radius 2 is 2.27 bits per heavy atom. The number of nitrogen functional groups attached to an aromatic ring is 1. The van der Waals surface area contributed by atoms with E-state index in [9.17, 15) is 0 Å². The number of aromatic nitrogens is 2. The molecule has 0 unspecified atom stereocenters. The molecule has 5 heteroatoms. The van der Waals surface area contributed by atoms with Gasteiger partial charge in [-0.1, -0.05) is 11.2 Å². The van der Waals surface area contributed by atoms with Gasteiger partial charge in [0.15, 0.2) is 0 Å². The minimum atomic E-state index is 0.0619. The molecule has 2 aromatic rings. The van der Waals surface area contributed by atoms with Crippen molar-refractivity contribution in [2.24, 2.45) is 0 Å². The number of benzene rings is 1. The number of hydrogen-bond acceptors (Lipinski definition) is 5. The molecule has 0 atom stereocenters. The van der Waals surface area contributed by atoms with Crippen LogP contribution in [0.15, 0.2) is 28.7 Å². The lowest BCUT2D eigenvalue weighted by atomic mass is 10.2. The second kappa shape index (κ2) is 4.00. The molecule has 1 heterocycles. The molecule has 0 amide bonds. The fourth-order valence-corrected chi connectivity index (χ4v) is 1.24. The minimum absolute atomic E-state index is 0.0619. The summed E-state index contributed by atoms with van der Waals surface area (Å²) in [5, 5.41) is 7.38. The molecular weight excluding hydrogens is 194 g/mol. The molecule has 1 aromatic carbocycles. The summed E-state index contributed by atoms with van der Waals surface area (Å²) in [6.45, 7) is 2.55. The molecule has 15 heavy (non-hydrogen) atoms. The summed E-state index contributed by atoms with van der Waals surface area (Å²) in [6.07, 6.45) is 0. The van der Waals surface area contributed by atoms with Crippen LogP contribution >= 0.6 is 0 Å². The van der Waals surface area contributed by atoms with Crippen LogP contribution in [-0.2, 0) is 0 Å². The Labute approximate surface area is 86.9 Å². The fraction of sp³-hybridized carbons (Fsp3) is 0.200. The van der Waals surface area contributed by atoms with Crippen LogP contribution in [0.25, 0.3) is 11.5 Å². The molecule has 1 aromatic heterocycles. The van der Waals surface area contributed by atoms with E-state index in [0.717, 1.165) is 11.3 Å². The highest BCUT2D eigenvalue weighted by atomic mass is 16.5. The number of anilines is 1. The quantitative estimate of drug-likeness (QED) is 0.825. The monoisotopic (exact) mass is 205 g/mol. The molecule has 0 radical (unpaired) electrons. The molecule has 0 bridgehead atoms. The number of hydrogen-bond donors (Lipinski definition) is 1. The second-order valence-electron chi connectivity index (χ2n) is 2.91. The van der Waals surface area contributed by atoms with Gasteiger partial charge in [-0.25, -0.2) is 0 Å². The van der Waals surface area contributed by atoms with Crippen molar-refractivity contribution >= 4 is 6.01 Å². The first kappa shape index (κ1) is 9.51. The smallest absolute Gasteiger partial charge is 0.313 e. The summed E-state index contributed by atoms with van der Waals surface area (Å²) in [6, 6.07) is 7.48. The predicted molar refractivity (Wildman–Crippen MR) is 55.3 cm³/mol. The van der Waals surface area contributed by atoms with E-state index >= 15 is 0 Å². The van der Waals surface area contributed by atoms with Gasteiger partial charge in [0.1, 0.15) is 5.75 Å². The molecule has 2 rings (SSSR count). The van der Waals surface area contributed by atoms with Gasteiger partial charge in [0.25, 0.3) is 0 Å². The summed E-state index contributed by atoms with van der Waals surface area (Å²) in [5.74, 6) is 1.17. The van der Waals surface area contributed by atoms with Gasteiger partial charge in [0, 0.05) is 5.56 Å². The largest absolute Gasteiger partial charge is 0.494 e. The van der Waals surface area contributed by atoms with Crippen LogP contribution in [0.3, 0.4) is 0 Å². The van der Waals surface area contributed by atoms with E-state index in [2.05, 4.69) is 10.2 Å². The maximum absolute atomic E-state index is 5.35. The van der Waals surface area contributed by atoms with Gasteiger partial charge in [0.05, 0.1) is 6.61 Å². The van der Waals surface area contributed by atoms with Crippen LogP contribution < -0.4 is 10.5 Å². The van der Waals surface area contributed by atoms with Crippen molar-refractivity contribution in [3.05, 3.63) is 24.3 Å². The number of ether oxygens (including phenoxy) is 1. The number of rotatable bonds is 3. The van der Waals surface area contributed by atoms with E-state index < -0.39 is 0 Å². The Hall–Kier alpha value is -2.04. The van der Waals surface area contributed by atoms with E-state index in [4.69, 9.17) is 14.9 Å². The van der Waals surface area contributed by atoms with Gasteiger partial charge >= 0.3 is 6.01 Å². The highest BCUT2D eigenvalue weighted by molar-refractivity contribution is 5.55. The minimum Gasteiger partial charge on any atom is -0.494 e. The topological polar surface area (TPSA) is 74.2 Å². The molecule has 0 aliphatic carbocycles. The Balaban J connectivity index is 2.32. The average molecular weight is 205 g/mol. The Morgan fingerprint density at radius 3 is 2.93 bits per heavy atom. The zero-order chi connectivity index (χ0) is 10.7. The van der Waals surface area contributed by atoms with Crippen LogP contribution in [0.4, 0.5) is 6.01 Å². The third kappa shape index (κ3) is 2.07. The Kier molecular flexibility index (Phi) is 2.53. The normalized spacial score (nSPS) is 10.2. The molecule has 0 aliphatic rings. The molecule has 78 valence electrons. The van der Waals surface area contributed by atoms with Crippen LogP contribution in [-0.4, -0.2) is 16.8 Å². The van der Waals surface area contributed by atoms with Crippen molar-refractivity contribution in [1.82, 2.24) is 10.2 Å². The molecule has 2 N–H and O–H groups in total. The standard InChI is InChI=1S/C10H11N3O2/c1-2-14-8-5-3-4-7(6-8)9-12-13-10(11)15-9/h3-6H,2H2,1H3,(H2,11,13). The van der Waals surface area contributed by atoms with Crippen LogP contribution in [0.5, 0.6) is 5.75 Å². The lowest BCUT2D eigenvalue weighted by Gasteiger charge is -2.02. The van der Waals surface area contributed by atoms with E-state index in [1.165, 1.54) is 0 Å². The first-order valence-corrected chi connectivity index (χ1v) is 4.62. The summed E-state index contributed by atoms with van der Waals surface area (Å²) in [4.78, 5) is 0. The summed E-state index contributed by atoms with van der Waals surface area (Å²) >= 11 is 0. The van der Waals surface area contributed by atoms with Gasteiger partial charge in [-0.2, -0.15) is 0 Å². The zero-order valence-corrected chi connectivity index (χ0v) is 8.30. The maximum Gasteiger partial charge on any atom is 0.313 e. The molecule has 0 saturated carbocycles. The zero-order valence-electron chi connectivity index (χ0n) is 8.30. The summed E-state index contributed by atoms with van der Waals surface area (Å²) in [5.41, 5.74) is 6.14. The van der Waals surface area contributed by atoms with E-state index in [0.29, 0.717) is 12.5 Å². The molecule has 0 fully saturated rings. The van der Waals surface area contributed by atoms with Crippen molar-refractivity contribution in [3.8, 4) is 17.2 Å². The van der Waals surface area contributed by atoms with Crippen molar-refractivity contribution < 1.29 is 9.15 Å². The summed E-state index contributed by atoms with van der Waals surface area (Å²) < 4.78 is 10.5. The van der Waals surface area contributed by atoms with E-state index in [1.807, 2.05) is 31.2 Å². The molecule has 0 saturated heterocycles. The summed E-state index contributed by atoms with van der Waals surface area (Å²) in [7, 11) is 0. The molecule has 5 nitrogen and oxygen atoms in total. The SMILES string of the molecule is CCOc1cccc(-c2nnc(N)o2)c1. The van der Waals surface area contributed by atoms with Crippen molar-refractivity contribution in [1.29, 1.82) is 0 Å². The second-order valence-corrected chi connectivity index (χ2v) is 2.91. The van der Waals surface area contributed by atoms with Crippen LogP contribution in [0.1, 0.15) is 6.92 Å². The third-order valence-corrected chi connectivity index (χ3v) is 1.83.